The number of hydrogen-bond acceptors (Lipinski definition) is 3. The Hall–Kier alpha value is -0.261. The van der Waals surface area contributed by atoms with Gasteiger partial charge in [0.25, 0.3) is 0 Å². The third-order valence-electron chi connectivity index (χ3n) is 1.35. The number of nitriles is 1. The van der Waals surface area contributed by atoms with Crippen LogP contribution in [0.5, 0.6) is 0 Å². The quantitative estimate of drug-likeness (QED) is 0.324. The topological polar surface area (TPSA) is 50.1 Å². The van der Waals surface area contributed by atoms with Crippen molar-refractivity contribution in [3.05, 3.63) is 8.94 Å². The van der Waals surface area contributed by atoms with Gasteiger partial charge >= 0.3 is 89.9 Å². The van der Waals surface area contributed by atoms with Crippen LogP contribution >= 0.6 is 0 Å². The molecule has 5 heteroatoms. The number of hydrogen-bond donors (Lipinski definition) is 0. The van der Waals surface area contributed by atoms with E-state index >= 15 is 0 Å². The number of nitrogens with zero attached hydrogens (tertiary/aromatic N) is 1. The zero-order valence-electron chi connectivity index (χ0n) is 7.20. The van der Waals surface area contributed by atoms with Crippen molar-refractivity contribution >= 4 is 35.9 Å². The Morgan fingerprint density at radius 3 is 2.69 bits per heavy atom. The predicted octanol–water partition coefficient (Wildman–Crippen LogP) is 0.543. The molecule has 0 spiro atoms. The molecule has 1 aliphatic rings. The molecule has 0 bridgehead atoms. The SMILES string of the molecule is CCOC(=O)C(C#N)=C1[Se]CC[Se]1. The summed E-state index contributed by atoms with van der Waals surface area (Å²) in [5, 5.41) is 11.1. The van der Waals surface area contributed by atoms with Crippen molar-refractivity contribution < 1.29 is 9.53 Å². The fourth-order valence-electron chi connectivity index (χ4n) is 0.833. The van der Waals surface area contributed by atoms with Crippen LogP contribution in [-0.2, 0) is 9.53 Å². The molecule has 0 saturated carbocycles. The molecule has 1 heterocycles. The number of rotatable bonds is 2. The molecule has 0 N–H and O–H groups in total. The summed E-state index contributed by atoms with van der Waals surface area (Å²) in [5.74, 6) is -0.425. The van der Waals surface area contributed by atoms with Crippen LogP contribution in [0.3, 0.4) is 0 Å². The average molecular weight is 309 g/mol. The summed E-state index contributed by atoms with van der Waals surface area (Å²) in [6.07, 6.45) is 0. The van der Waals surface area contributed by atoms with Crippen molar-refractivity contribution in [3.63, 3.8) is 0 Å². The van der Waals surface area contributed by atoms with Crippen molar-refractivity contribution in [1.82, 2.24) is 0 Å². The second kappa shape index (κ2) is 5.47. The molecule has 1 aliphatic heterocycles. The molecule has 1 saturated heterocycles. The Morgan fingerprint density at radius 1 is 1.62 bits per heavy atom. The van der Waals surface area contributed by atoms with E-state index in [4.69, 9.17) is 10.00 Å². The van der Waals surface area contributed by atoms with Gasteiger partial charge in [0.15, 0.2) is 0 Å². The summed E-state index contributed by atoms with van der Waals surface area (Å²) in [5.41, 5.74) is 0.291. The van der Waals surface area contributed by atoms with Gasteiger partial charge in [0.05, 0.1) is 0 Å². The van der Waals surface area contributed by atoms with Crippen LogP contribution in [0.1, 0.15) is 6.92 Å². The molecule has 0 amide bonds. The van der Waals surface area contributed by atoms with Gasteiger partial charge in [0.2, 0.25) is 0 Å². The van der Waals surface area contributed by atoms with Crippen LogP contribution in [0.25, 0.3) is 0 Å². The monoisotopic (exact) mass is 311 g/mol. The maximum absolute atomic E-state index is 11.3. The third kappa shape index (κ3) is 2.86. The molecule has 13 heavy (non-hydrogen) atoms. The van der Waals surface area contributed by atoms with E-state index < -0.39 is 5.97 Å². The van der Waals surface area contributed by atoms with E-state index in [9.17, 15) is 4.79 Å². The molecule has 1 fully saturated rings. The first-order valence-electron chi connectivity index (χ1n) is 3.86. The van der Waals surface area contributed by atoms with Gasteiger partial charge in [0, 0.05) is 0 Å². The van der Waals surface area contributed by atoms with Crippen LogP contribution in [0, 0.1) is 11.3 Å². The van der Waals surface area contributed by atoms with E-state index in [2.05, 4.69) is 0 Å². The van der Waals surface area contributed by atoms with Crippen molar-refractivity contribution in [3.8, 4) is 6.07 Å². The minimum absolute atomic E-state index is 0.291. The van der Waals surface area contributed by atoms with E-state index in [0.717, 1.165) is 3.37 Å². The molecule has 0 radical (unpaired) electrons. The summed E-state index contributed by atoms with van der Waals surface area (Å²) in [4.78, 5) is 11.3. The Bertz CT molecular complexity index is 272. The summed E-state index contributed by atoms with van der Waals surface area (Å²) >= 11 is 0.746. The van der Waals surface area contributed by atoms with Gasteiger partial charge < -0.3 is 0 Å². The van der Waals surface area contributed by atoms with Crippen LogP contribution in [-0.4, -0.2) is 42.5 Å². The van der Waals surface area contributed by atoms with Crippen LogP contribution in [0.2, 0.25) is 10.6 Å². The standard InChI is InChI=1S/C8H9NO2Se2/c1-2-11-7(10)6(5-9)8-12-3-4-13-8/h2-4H2,1H3. The first kappa shape index (κ1) is 10.8. The molecule has 70 valence electrons. The molecule has 0 aromatic carbocycles. The molecule has 3 nitrogen and oxygen atoms in total. The van der Waals surface area contributed by atoms with Crippen LogP contribution < -0.4 is 0 Å². The van der Waals surface area contributed by atoms with Crippen molar-refractivity contribution in [1.29, 1.82) is 5.26 Å². The van der Waals surface area contributed by atoms with Crippen molar-refractivity contribution in [2.24, 2.45) is 0 Å². The summed E-state index contributed by atoms with van der Waals surface area (Å²) < 4.78 is 5.91. The summed E-state index contributed by atoms with van der Waals surface area (Å²) in [6.45, 7) is 2.10. The summed E-state index contributed by atoms with van der Waals surface area (Å²) in [7, 11) is 0. The Balaban J connectivity index is 2.77. The van der Waals surface area contributed by atoms with Crippen LogP contribution in [0.4, 0.5) is 0 Å². The second-order valence-corrected chi connectivity index (χ2v) is 8.14. The average Bonchev–Trinajstić information content (AvgIpc) is 2.59. The number of esters is 1. The van der Waals surface area contributed by atoms with E-state index in [-0.39, 0.29) is 0 Å². The van der Waals surface area contributed by atoms with Gasteiger partial charge in [-0.1, -0.05) is 0 Å². The number of carbonyl (C=O) groups is 1. The first-order valence-corrected chi connectivity index (χ1v) is 8.00. The van der Waals surface area contributed by atoms with Crippen LogP contribution in [0.15, 0.2) is 8.94 Å². The maximum atomic E-state index is 11.3. The normalized spacial score (nSPS) is 15.2. The number of carbonyl (C=O) groups excluding carboxylic acids is 1. The van der Waals surface area contributed by atoms with E-state index in [1.54, 1.807) is 6.92 Å². The van der Waals surface area contributed by atoms with Gasteiger partial charge in [-0.2, -0.15) is 0 Å². The van der Waals surface area contributed by atoms with Crippen molar-refractivity contribution in [2.45, 2.75) is 17.6 Å². The Kier molecular flexibility index (Phi) is 4.55. The van der Waals surface area contributed by atoms with Crippen molar-refractivity contribution in [2.75, 3.05) is 6.61 Å². The van der Waals surface area contributed by atoms with Gasteiger partial charge in [-0.3, -0.25) is 0 Å². The van der Waals surface area contributed by atoms with E-state index in [0.29, 0.717) is 42.1 Å². The van der Waals surface area contributed by atoms with Gasteiger partial charge in [-0.15, -0.1) is 0 Å². The van der Waals surface area contributed by atoms with E-state index in [1.165, 1.54) is 10.6 Å². The zero-order chi connectivity index (χ0) is 9.68. The fourth-order valence-corrected chi connectivity index (χ4v) is 7.82. The van der Waals surface area contributed by atoms with Gasteiger partial charge in [0.1, 0.15) is 0 Å². The zero-order valence-corrected chi connectivity index (χ0v) is 10.6. The molecular formula is C8H9NO2Se2. The second-order valence-electron chi connectivity index (χ2n) is 2.19. The Labute approximate surface area is 89.8 Å². The molecule has 0 aromatic heterocycles. The molecule has 1 rings (SSSR count). The third-order valence-corrected chi connectivity index (χ3v) is 8.89. The number of ether oxygens (including phenoxy) is 1. The molecule has 0 aromatic rings. The molecule has 0 unspecified atom stereocenters. The molecule has 0 atom stereocenters. The Morgan fingerprint density at radius 2 is 2.23 bits per heavy atom. The molecule has 0 aliphatic carbocycles. The minimum atomic E-state index is -0.425. The predicted molar refractivity (Wildman–Crippen MR) is 50.4 cm³/mol. The summed E-state index contributed by atoms with van der Waals surface area (Å²) in [6, 6.07) is 1.96. The van der Waals surface area contributed by atoms with Gasteiger partial charge in [-0.25, -0.2) is 0 Å². The van der Waals surface area contributed by atoms with Gasteiger partial charge in [-0.05, 0) is 0 Å². The molecular weight excluding hydrogens is 300 g/mol. The fraction of sp³-hybridized carbons (Fsp3) is 0.500. The van der Waals surface area contributed by atoms with E-state index in [1.807, 2.05) is 6.07 Å². The first-order chi connectivity index (χ1) is 6.29.